The highest BCUT2D eigenvalue weighted by atomic mass is 35.5. The summed E-state index contributed by atoms with van der Waals surface area (Å²) in [6, 6.07) is 0.137. The minimum Gasteiger partial charge on any atom is -0.377 e. The molecule has 0 spiro atoms. The minimum atomic E-state index is -0.0653. The topological polar surface area (TPSA) is 47.4 Å². The van der Waals surface area contributed by atoms with E-state index in [0.717, 1.165) is 0 Å². The molecule has 0 aliphatic carbocycles. The lowest BCUT2D eigenvalue weighted by Gasteiger charge is -2.35. The smallest absolute Gasteiger partial charge is 0.293 e. The number of nitrogens with zero attached hydrogens (tertiary/aromatic N) is 3. The van der Waals surface area contributed by atoms with Gasteiger partial charge in [-0.1, -0.05) is 0 Å². The number of rotatable bonds is 3. The molecule has 6 heteroatoms. The lowest BCUT2D eigenvalue weighted by Crippen LogP contribution is -2.49. The normalized spacial score (nSPS) is 20.4. The van der Waals surface area contributed by atoms with Gasteiger partial charge in [0, 0.05) is 30.9 Å². The number of alkyl halides is 1. The molecule has 100 valence electrons. The maximum atomic E-state index is 12.3. The molecule has 2 heterocycles. The molecule has 1 unspecified atom stereocenters. The van der Waals surface area contributed by atoms with Crippen molar-refractivity contribution in [3.05, 3.63) is 22.7 Å². The Kier molecular flexibility index (Phi) is 4.24. The van der Waals surface area contributed by atoms with Crippen LogP contribution >= 0.6 is 11.6 Å². The van der Waals surface area contributed by atoms with Crippen LogP contribution in [0.1, 0.15) is 19.9 Å². The van der Waals surface area contributed by atoms with Crippen LogP contribution in [0, 0.1) is 0 Å². The summed E-state index contributed by atoms with van der Waals surface area (Å²) >= 11 is 5.92. The third kappa shape index (κ3) is 2.52. The van der Waals surface area contributed by atoms with Gasteiger partial charge in [-0.25, -0.2) is 4.98 Å². The Labute approximate surface area is 111 Å². The Bertz CT molecular complexity index is 461. The monoisotopic (exact) mass is 271 g/mol. The van der Waals surface area contributed by atoms with E-state index in [9.17, 15) is 4.79 Å². The van der Waals surface area contributed by atoms with Gasteiger partial charge in [0.25, 0.3) is 5.56 Å². The first-order valence-corrected chi connectivity index (χ1v) is 6.66. The second kappa shape index (κ2) is 5.71. The molecule has 1 aliphatic rings. The minimum absolute atomic E-state index is 0.0172. The molecule has 2 rings (SSSR count). The van der Waals surface area contributed by atoms with Crippen LogP contribution in [0.4, 0.5) is 5.82 Å². The van der Waals surface area contributed by atoms with Gasteiger partial charge in [-0.3, -0.25) is 4.79 Å². The summed E-state index contributed by atoms with van der Waals surface area (Å²) in [5.41, 5.74) is -0.0653. The Hall–Kier alpha value is -1.07. The van der Waals surface area contributed by atoms with E-state index in [1.54, 1.807) is 17.0 Å². The third-order valence-corrected chi connectivity index (χ3v) is 3.44. The van der Waals surface area contributed by atoms with Gasteiger partial charge in [-0.05, 0) is 13.8 Å². The number of hydrogen-bond donors (Lipinski definition) is 0. The van der Waals surface area contributed by atoms with Gasteiger partial charge in [-0.15, -0.1) is 11.6 Å². The van der Waals surface area contributed by atoms with Crippen LogP contribution in [0.2, 0.25) is 0 Å². The van der Waals surface area contributed by atoms with Crippen molar-refractivity contribution >= 4 is 17.4 Å². The van der Waals surface area contributed by atoms with Crippen LogP contribution < -0.4 is 10.5 Å². The Morgan fingerprint density at radius 2 is 2.39 bits per heavy atom. The lowest BCUT2D eigenvalue weighted by atomic mass is 10.2. The molecule has 0 radical (unpaired) electrons. The molecule has 1 fully saturated rings. The van der Waals surface area contributed by atoms with Crippen molar-refractivity contribution in [1.82, 2.24) is 9.55 Å². The van der Waals surface area contributed by atoms with Crippen LogP contribution in [0.25, 0.3) is 0 Å². The van der Waals surface area contributed by atoms with Crippen LogP contribution in [0.15, 0.2) is 17.2 Å². The van der Waals surface area contributed by atoms with E-state index in [1.807, 2.05) is 18.7 Å². The van der Waals surface area contributed by atoms with Gasteiger partial charge in [0.15, 0.2) is 5.82 Å². The van der Waals surface area contributed by atoms with Crippen molar-refractivity contribution in [3.63, 3.8) is 0 Å². The quantitative estimate of drug-likeness (QED) is 0.777. The molecule has 1 aromatic rings. The first-order valence-electron chi connectivity index (χ1n) is 6.12. The van der Waals surface area contributed by atoms with Gasteiger partial charge in [0.1, 0.15) is 0 Å². The highest BCUT2D eigenvalue weighted by molar-refractivity contribution is 6.18. The number of halogens is 1. The molecule has 1 aromatic heterocycles. The van der Waals surface area contributed by atoms with Crippen LogP contribution in [-0.4, -0.2) is 41.2 Å². The second-order valence-electron chi connectivity index (χ2n) is 4.63. The van der Waals surface area contributed by atoms with Gasteiger partial charge in [0.2, 0.25) is 0 Å². The SMILES string of the molecule is CC(C)n1ccnc(N2CCOCC2CCl)c1=O. The molecule has 18 heavy (non-hydrogen) atoms. The number of hydrogen-bond acceptors (Lipinski definition) is 4. The highest BCUT2D eigenvalue weighted by Crippen LogP contribution is 2.15. The zero-order chi connectivity index (χ0) is 13.1. The van der Waals surface area contributed by atoms with E-state index in [0.29, 0.717) is 31.5 Å². The summed E-state index contributed by atoms with van der Waals surface area (Å²) in [5, 5.41) is 0. The fourth-order valence-electron chi connectivity index (χ4n) is 2.08. The molecule has 0 saturated carbocycles. The molecule has 0 N–H and O–H groups in total. The van der Waals surface area contributed by atoms with Crippen molar-refractivity contribution in [2.75, 3.05) is 30.5 Å². The maximum absolute atomic E-state index is 12.3. The molecular formula is C12H18ClN3O2. The van der Waals surface area contributed by atoms with Gasteiger partial charge in [-0.2, -0.15) is 0 Å². The lowest BCUT2D eigenvalue weighted by molar-refractivity contribution is 0.0991. The Balaban J connectivity index is 2.38. The average Bonchev–Trinajstić information content (AvgIpc) is 2.38. The summed E-state index contributed by atoms with van der Waals surface area (Å²) in [6.07, 6.45) is 3.38. The molecule has 1 atom stereocenters. The number of aromatic nitrogens is 2. The number of ether oxygens (including phenoxy) is 1. The van der Waals surface area contributed by atoms with E-state index in [1.165, 1.54) is 0 Å². The van der Waals surface area contributed by atoms with E-state index in [-0.39, 0.29) is 17.6 Å². The summed E-state index contributed by atoms with van der Waals surface area (Å²) in [5.74, 6) is 0.901. The van der Waals surface area contributed by atoms with Crippen molar-refractivity contribution in [2.24, 2.45) is 0 Å². The predicted molar refractivity (Wildman–Crippen MR) is 71.6 cm³/mol. The number of morpholine rings is 1. The summed E-state index contributed by atoms with van der Waals surface area (Å²) in [6.45, 7) is 5.75. The maximum Gasteiger partial charge on any atom is 0.293 e. The Morgan fingerprint density at radius 1 is 1.61 bits per heavy atom. The van der Waals surface area contributed by atoms with E-state index >= 15 is 0 Å². The van der Waals surface area contributed by atoms with Crippen LogP contribution in [0.5, 0.6) is 0 Å². The Morgan fingerprint density at radius 3 is 3.06 bits per heavy atom. The van der Waals surface area contributed by atoms with Crippen molar-refractivity contribution in [3.8, 4) is 0 Å². The van der Waals surface area contributed by atoms with Crippen molar-refractivity contribution in [2.45, 2.75) is 25.9 Å². The number of anilines is 1. The second-order valence-corrected chi connectivity index (χ2v) is 4.94. The molecule has 1 saturated heterocycles. The fraction of sp³-hybridized carbons (Fsp3) is 0.667. The van der Waals surface area contributed by atoms with Gasteiger partial charge < -0.3 is 14.2 Å². The molecular weight excluding hydrogens is 254 g/mol. The molecule has 0 bridgehead atoms. The van der Waals surface area contributed by atoms with Crippen molar-refractivity contribution in [1.29, 1.82) is 0 Å². The van der Waals surface area contributed by atoms with E-state index in [2.05, 4.69) is 4.98 Å². The zero-order valence-electron chi connectivity index (χ0n) is 10.7. The van der Waals surface area contributed by atoms with Gasteiger partial charge >= 0.3 is 0 Å². The summed E-state index contributed by atoms with van der Waals surface area (Å²) < 4.78 is 7.06. The fourth-order valence-corrected chi connectivity index (χ4v) is 2.33. The average molecular weight is 272 g/mol. The first-order chi connectivity index (χ1) is 8.65. The van der Waals surface area contributed by atoms with Crippen molar-refractivity contribution < 1.29 is 4.74 Å². The zero-order valence-corrected chi connectivity index (χ0v) is 11.4. The largest absolute Gasteiger partial charge is 0.377 e. The van der Waals surface area contributed by atoms with Crippen LogP contribution in [0.3, 0.4) is 0 Å². The summed E-state index contributed by atoms with van der Waals surface area (Å²) in [7, 11) is 0. The highest BCUT2D eigenvalue weighted by Gasteiger charge is 2.26. The molecule has 1 aliphatic heterocycles. The molecule has 5 nitrogen and oxygen atoms in total. The summed E-state index contributed by atoms with van der Waals surface area (Å²) in [4.78, 5) is 18.5. The standard InChI is InChI=1S/C12H18ClN3O2/c1-9(2)15-4-3-14-11(12(15)17)16-5-6-18-8-10(16)7-13/h3-4,9-10H,5-8H2,1-2H3. The van der Waals surface area contributed by atoms with E-state index < -0.39 is 0 Å². The van der Waals surface area contributed by atoms with Gasteiger partial charge in [0.05, 0.1) is 19.3 Å². The molecule has 0 amide bonds. The van der Waals surface area contributed by atoms with E-state index in [4.69, 9.17) is 16.3 Å². The third-order valence-electron chi connectivity index (χ3n) is 3.08. The predicted octanol–water partition coefficient (Wildman–Crippen LogP) is 1.27. The van der Waals surface area contributed by atoms with Crippen LogP contribution in [-0.2, 0) is 4.74 Å². The molecule has 0 aromatic carbocycles. The first kappa shape index (κ1) is 13.4.